The zero-order chi connectivity index (χ0) is 109. The number of ether oxygens (including phenoxy) is 5. The number of nitrogens with zero attached hydrogens (tertiary/aromatic N) is 11. The Bertz CT molecular complexity index is 6200. The zero-order valence-corrected chi connectivity index (χ0v) is 94.1. The summed E-state index contributed by atoms with van der Waals surface area (Å²) in [4.78, 5) is 166. The third-order valence-electron chi connectivity index (χ3n) is 17.7. The van der Waals surface area contributed by atoms with Gasteiger partial charge in [0.1, 0.15) is 75.2 Å². The molecule has 0 fully saturated rings. The number of thioether (sulfide) groups is 5. The van der Waals surface area contributed by atoms with E-state index in [1.807, 2.05) is 31.8 Å². The molecule has 2 aromatic carbocycles. The first-order chi connectivity index (χ1) is 69.9. The molecule has 12 aromatic rings. The molecule has 147 heavy (non-hydrogen) atoms. The van der Waals surface area contributed by atoms with E-state index in [4.69, 9.17) is 74.2 Å². The number of hydrogen-bond acceptors (Lipinski definition) is 43. The van der Waals surface area contributed by atoms with Crippen LogP contribution in [0.5, 0.6) is 6.01 Å². The fraction of sp³-hybridized carbons (Fsp3) is 0.287. The number of benzene rings is 2. The molecule has 10 aromatic heterocycles. The maximum Gasteiger partial charge on any atom is 1.00 e. The van der Waals surface area contributed by atoms with E-state index in [0.29, 0.717) is 164 Å². The van der Waals surface area contributed by atoms with E-state index < -0.39 is 44.6 Å². The van der Waals surface area contributed by atoms with Crippen molar-refractivity contribution in [2.75, 3.05) is 86.0 Å². The largest absolute Gasteiger partial charge is 1.00 e. The van der Waals surface area contributed by atoms with Crippen LogP contribution in [0.1, 0.15) is 179 Å². The van der Waals surface area contributed by atoms with E-state index in [9.17, 15) is 56.7 Å². The van der Waals surface area contributed by atoms with Crippen LogP contribution in [0.25, 0.3) is 45.8 Å². The number of amidine groups is 2. The van der Waals surface area contributed by atoms with Crippen LogP contribution in [-0.2, 0) is 63.6 Å². The van der Waals surface area contributed by atoms with Crippen LogP contribution in [0.3, 0.4) is 0 Å². The molecule has 3 aliphatic heterocycles. The second kappa shape index (κ2) is 76.5. The van der Waals surface area contributed by atoms with Crippen molar-refractivity contribution in [3.05, 3.63) is 249 Å². The van der Waals surface area contributed by atoms with Gasteiger partial charge in [-0.3, -0.25) is 43.8 Å². The fourth-order valence-corrected chi connectivity index (χ4v) is 13.3. The average molecular weight is 2460 g/mol. The number of aliphatic imine (C=N–C) groups is 1. The summed E-state index contributed by atoms with van der Waals surface area (Å²) in [5, 5.41) is 20.5. The van der Waals surface area contributed by atoms with Gasteiger partial charge in [0.25, 0.3) is 18.3 Å². The standard InChI is InChI=1S/C19H16FN3O2S.C13H12N2O4S.C13H16N2O3S.C13H14N2O3S.C12H11N3O3.C7H5FO.C6H10O3.C5H4O2.C2H6N2S.CH5N.CH2O3.2CH4.BH.ClH.Na.O2Se.U.H2/c1-23-13(10-11-6-3-4-7-12(11)20)16-15(18(23)24)17(14-8-5-9-25-14)22-19(21-16)26-2;1-3-18-12(17)10-8(7-16)14-13(20-2)15-11(10)9-5-4-6-19-9;2*1-4-17-12(16)10-8(2)14-13(19-3)15-11(10)9-6-5-7-18-9;1-15-6-7-9(11(15)16)10(8-4-3-5-18-8)14-12(13-7)17-2;8-7-4-2-1-3-6(7)5-9;1-3-9-6(8)4-5(2)7;6-4-5-2-1-3-7-5;1-5-2(3)4;1-2;2-1-4-3;;;;;;1-3-2;;/h3-9,13H,10H2,1-2H3;4-7H,3H2,1-2H3;5-7,11H,4H2,1-3H3,(H,14,15);5-7H,4H2,1-3H3;3-5H,6H2,1-2H3;1-5H;3-4H2,1-2H3;1-4H;1H3,(H3,3,4);2H2,1H3;1,3H;2*1H4;2*1H;;;;1H/q;;;;;;;;;;;;;;;+1;;;/p-1/i;;;;;;;;;;;;;1D;;;;;1+1D. The normalized spacial score (nSPS) is 11.9. The number of Topliss-reactive ketones (excluding diaryl/α,β-unsaturated/α-hetero) is 1. The molecule has 0 spiro atoms. The Morgan fingerprint density at radius 2 is 1.06 bits per heavy atom. The number of rotatable bonds is 24. The molecule has 6 N–H and O–H groups in total. The van der Waals surface area contributed by atoms with E-state index in [0.717, 1.165) is 10.9 Å². The first kappa shape index (κ1) is 135. The van der Waals surface area contributed by atoms with Gasteiger partial charge in [-0.15, -0.1) is 12.4 Å². The summed E-state index contributed by atoms with van der Waals surface area (Å²) in [6.07, 6.45) is 20.3. The zero-order valence-electron chi connectivity index (χ0n) is 84.3. The number of allylic oxidation sites excluding steroid dienone is 1. The Morgan fingerprint density at radius 3 is 1.48 bits per heavy atom. The number of aromatic nitrogens is 8. The molecule has 0 saturated heterocycles. The first-order valence-corrected chi connectivity index (χ1v) is 48.7. The number of nitrogens with two attached hydrogens (primary N) is 2. The van der Waals surface area contributed by atoms with Crippen molar-refractivity contribution in [2.45, 2.75) is 110 Å². The van der Waals surface area contributed by atoms with Gasteiger partial charge in [-0.2, -0.15) is 9.97 Å². The number of esters is 4. The van der Waals surface area contributed by atoms with Crippen LogP contribution in [-0.4, -0.2) is 237 Å². The molecule has 0 aliphatic carbocycles. The second-order valence-electron chi connectivity index (χ2n) is 26.6. The number of carbonyl (C=O) groups excluding carboxylic acids is 11. The number of aryl methyl sites for hydroxylation is 1. The molecule has 2 amide bonds. The molecular weight excluding hydrogens is 2340 g/mol. The van der Waals surface area contributed by atoms with Crippen LogP contribution in [0.4, 0.5) is 8.78 Å². The van der Waals surface area contributed by atoms with Gasteiger partial charge in [0, 0.05) is 68.7 Å². The van der Waals surface area contributed by atoms with Crippen molar-refractivity contribution < 1.29 is 193 Å². The topological polar surface area (TPSA) is 589 Å². The SMILES string of the molecule is C.C.CCOC(=O)C1=C(C)NC(SC)=NC1c1ccco1.CCOC(=O)CC(C)=O.CCOC(=O)c1c(C)nc(SC)nc1-c1ccco1.CCOC(=O)c1c(C=O)nc(SC)nc1-c1ccco1.CN.COc1nc2c(c(-c3ccco3)n1)C(=O)N(C)C2.CSC(=N)N.CSc1nc(-c2ccco2)c2c(n1)C(Cc1ccccc1F)N(C)C2=O.Cl.O=CO[O-].O=Cc1ccccc1F.O=Cc1ccco1.O=[Se]=O.[2H][2H].[2H][B].[Na+].[U]. The Hall–Kier alpha value is -12.1. The third kappa shape index (κ3) is 43.7. The number of furan rings is 6. The van der Waals surface area contributed by atoms with Gasteiger partial charge in [0.05, 0.1) is 123 Å². The molecule has 2 atom stereocenters. The van der Waals surface area contributed by atoms with E-state index >= 15 is 0 Å². The Morgan fingerprint density at radius 1 is 0.612 bits per heavy atom. The van der Waals surface area contributed by atoms with E-state index in [1.165, 1.54) is 111 Å². The number of carbonyl (C=O) groups is 11. The number of halogens is 3. The molecule has 15 rings (SSSR count). The fourth-order valence-electron chi connectivity index (χ4n) is 11.7. The summed E-state index contributed by atoms with van der Waals surface area (Å²) in [7, 11) is 10.2. The predicted molar refractivity (Wildman–Crippen MR) is 546 cm³/mol. The minimum absolute atomic E-state index is 0. The van der Waals surface area contributed by atoms with E-state index in [2.05, 4.69) is 78.3 Å². The summed E-state index contributed by atoms with van der Waals surface area (Å²) in [6.45, 7) is 13.3. The second-order valence-corrected chi connectivity index (χ2v) is 30.9. The number of methoxy groups -OCH3 is 1. The van der Waals surface area contributed by atoms with Crippen molar-refractivity contribution >= 4 is 172 Å². The number of likely N-dealkylation sites (N-methyl/N-ethyl adjacent to an activating group) is 1. The van der Waals surface area contributed by atoms with E-state index in [1.54, 1.807) is 193 Å². The Labute approximate surface area is 932 Å². The first-order valence-electron chi connectivity index (χ1n) is 42.7. The average Bonchev–Trinajstić information content (AvgIpc) is 1.59. The van der Waals surface area contributed by atoms with Crippen LogP contribution < -0.4 is 56.3 Å². The molecule has 2 radical (unpaired) electrons. The van der Waals surface area contributed by atoms with Crippen LogP contribution in [0.2, 0.25) is 0 Å². The van der Waals surface area contributed by atoms with Crippen molar-refractivity contribution in [1.29, 1.82) is 6.74 Å². The number of ketones is 1. The minimum atomic E-state index is -1.62. The van der Waals surface area contributed by atoms with Crippen LogP contribution in [0.15, 0.2) is 217 Å². The van der Waals surface area contributed by atoms with Gasteiger partial charge in [-0.05, 0) is 185 Å². The summed E-state index contributed by atoms with van der Waals surface area (Å²) in [5.41, 5.74) is 16.1. The van der Waals surface area contributed by atoms with Gasteiger partial charge in [-0.25, -0.2) is 58.1 Å². The number of fused-ring (bicyclic) bond motifs is 2. The quantitative estimate of drug-likeness (QED) is 0.00373. The maximum absolute atomic E-state index is 14.1. The number of amides is 2. The van der Waals surface area contributed by atoms with E-state index in [-0.39, 0.29) is 177 Å². The molecule has 784 valence electrons. The van der Waals surface area contributed by atoms with Gasteiger partial charge in [-0.1, -0.05) is 104 Å². The molecule has 13 heterocycles. The number of aldehydes is 3. The van der Waals surface area contributed by atoms with Gasteiger partial charge < -0.3 is 86.9 Å². The number of nitrogens with one attached hydrogen (secondary N) is 2. The van der Waals surface area contributed by atoms with Crippen molar-refractivity contribution in [3.8, 4) is 51.8 Å². The number of hydrogen-bond donors (Lipinski definition) is 4. The molecule has 0 saturated carbocycles. The molecule has 2 unspecified atom stereocenters. The van der Waals surface area contributed by atoms with Crippen molar-refractivity contribution in [2.24, 2.45) is 16.5 Å². The summed E-state index contributed by atoms with van der Waals surface area (Å²) in [5.74, 6) is -0.0842. The minimum Gasteiger partial charge on any atom is -0.0379 e. The van der Waals surface area contributed by atoms with Gasteiger partial charge in [0.2, 0.25) is 0 Å². The molecule has 41 nitrogen and oxygen atoms in total. The smallest absolute Gasteiger partial charge is 0.0379 e. The molecular formula is C94H112BClF2N15NaO26S5SeU. The monoisotopic (exact) mass is 2450 g/mol. The molecule has 53 heteroatoms. The van der Waals surface area contributed by atoms with Crippen molar-refractivity contribution in [3.63, 3.8) is 0 Å². The Kier molecular flexibility index (Phi) is 70.2. The molecule has 0 bridgehead atoms. The maximum atomic E-state index is 14.1. The van der Waals surface area contributed by atoms with Crippen molar-refractivity contribution in [1.82, 2.24) is 55.0 Å². The molecule has 3 aliphatic rings. The van der Waals surface area contributed by atoms with Gasteiger partial charge in [0.15, 0.2) is 73.5 Å². The Balaban J connectivity index is -0.000000806. The predicted octanol–water partition coefficient (Wildman–Crippen LogP) is 12.4. The van der Waals surface area contributed by atoms with Crippen LogP contribution >= 0.6 is 71.2 Å². The summed E-state index contributed by atoms with van der Waals surface area (Å²) < 4.78 is 115. The third-order valence-corrected chi connectivity index (χ3v) is 20.4. The summed E-state index contributed by atoms with van der Waals surface area (Å²) in [6, 6.07) is 32.6. The van der Waals surface area contributed by atoms with Crippen LogP contribution in [0, 0.1) is 55.1 Å². The van der Waals surface area contributed by atoms with Gasteiger partial charge >= 0.3 is 81.9 Å². The summed E-state index contributed by atoms with van der Waals surface area (Å²) >= 11 is 5.18.